The Kier molecular flexibility index (Phi) is 4.95. The Labute approximate surface area is 109 Å². The van der Waals surface area contributed by atoms with Gasteiger partial charge in [0.1, 0.15) is 6.33 Å². The van der Waals surface area contributed by atoms with E-state index in [-0.39, 0.29) is 0 Å². The smallest absolute Gasteiger partial charge is 0.221 e. The van der Waals surface area contributed by atoms with Crippen LogP contribution >= 0.6 is 0 Å². The second kappa shape index (κ2) is 6.70. The van der Waals surface area contributed by atoms with Crippen LogP contribution in [0.15, 0.2) is 6.33 Å². The summed E-state index contributed by atoms with van der Waals surface area (Å²) in [5.41, 5.74) is 0. The summed E-state index contributed by atoms with van der Waals surface area (Å²) in [5.74, 6) is 0.901. The molecule has 0 saturated carbocycles. The zero-order chi connectivity index (χ0) is 12.8. The molecule has 2 heterocycles. The van der Waals surface area contributed by atoms with Crippen LogP contribution in [0.25, 0.3) is 0 Å². The highest BCUT2D eigenvalue weighted by Gasteiger charge is 2.18. The number of hydrogen-bond acceptors (Lipinski definition) is 5. The van der Waals surface area contributed by atoms with Crippen molar-refractivity contribution in [2.75, 3.05) is 57.3 Å². The number of aromatic nitrogens is 3. The standard InChI is InChI=1S/C12H24N6/c1-3-16(4-2)5-6-17-7-9-18(10-8-17)12-13-11-14-15-12/h11H,3-10H2,1-2H3,(H,13,14,15). The van der Waals surface area contributed by atoms with Gasteiger partial charge in [0.15, 0.2) is 0 Å². The highest BCUT2D eigenvalue weighted by Crippen LogP contribution is 2.08. The topological polar surface area (TPSA) is 51.3 Å². The number of rotatable bonds is 6. The molecule has 1 N–H and O–H groups in total. The number of hydrogen-bond donors (Lipinski definition) is 1. The van der Waals surface area contributed by atoms with Crippen molar-refractivity contribution in [3.05, 3.63) is 6.33 Å². The van der Waals surface area contributed by atoms with Crippen LogP contribution in [0.5, 0.6) is 0 Å². The first-order chi connectivity index (χ1) is 8.83. The van der Waals surface area contributed by atoms with E-state index in [0.29, 0.717) is 0 Å². The molecule has 1 fully saturated rings. The van der Waals surface area contributed by atoms with Crippen LogP contribution in [-0.2, 0) is 0 Å². The van der Waals surface area contributed by atoms with Gasteiger partial charge in [-0.3, -0.25) is 4.90 Å². The third kappa shape index (κ3) is 3.43. The Morgan fingerprint density at radius 1 is 1.22 bits per heavy atom. The first kappa shape index (κ1) is 13.3. The second-order valence-electron chi connectivity index (χ2n) is 4.66. The van der Waals surface area contributed by atoms with Crippen molar-refractivity contribution in [2.24, 2.45) is 0 Å². The summed E-state index contributed by atoms with van der Waals surface area (Å²) in [4.78, 5) is 11.5. The molecule has 0 aliphatic carbocycles. The average Bonchev–Trinajstić information content (AvgIpc) is 2.94. The van der Waals surface area contributed by atoms with E-state index in [1.165, 1.54) is 13.1 Å². The number of H-pyrrole nitrogens is 1. The number of anilines is 1. The van der Waals surface area contributed by atoms with Gasteiger partial charge in [0, 0.05) is 39.3 Å². The number of nitrogens with zero attached hydrogens (tertiary/aromatic N) is 5. The first-order valence-corrected chi connectivity index (χ1v) is 6.88. The lowest BCUT2D eigenvalue weighted by Gasteiger charge is -2.35. The van der Waals surface area contributed by atoms with Crippen LogP contribution in [0.2, 0.25) is 0 Å². The monoisotopic (exact) mass is 252 g/mol. The van der Waals surface area contributed by atoms with E-state index in [4.69, 9.17) is 0 Å². The van der Waals surface area contributed by atoms with Gasteiger partial charge in [-0.15, -0.1) is 0 Å². The lowest BCUT2D eigenvalue weighted by atomic mass is 10.3. The van der Waals surface area contributed by atoms with Crippen molar-refractivity contribution in [3.8, 4) is 0 Å². The van der Waals surface area contributed by atoms with Crippen molar-refractivity contribution < 1.29 is 0 Å². The second-order valence-corrected chi connectivity index (χ2v) is 4.66. The summed E-state index contributed by atoms with van der Waals surface area (Å²) in [5, 5.41) is 6.83. The molecular weight excluding hydrogens is 228 g/mol. The molecule has 1 aromatic heterocycles. The molecule has 1 saturated heterocycles. The summed E-state index contributed by atoms with van der Waals surface area (Å²) in [6.45, 7) is 13.4. The van der Waals surface area contributed by atoms with Gasteiger partial charge < -0.3 is 9.80 Å². The van der Waals surface area contributed by atoms with Crippen LogP contribution in [0.3, 0.4) is 0 Å². The van der Waals surface area contributed by atoms with Gasteiger partial charge in [0.25, 0.3) is 0 Å². The fourth-order valence-corrected chi connectivity index (χ4v) is 2.36. The summed E-state index contributed by atoms with van der Waals surface area (Å²) >= 11 is 0. The molecule has 1 aromatic rings. The number of aromatic amines is 1. The summed E-state index contributed by atoms with van der Waals surface area (Å²) in [7, 11) is 0. The minimum atomic E-state index is 0.901. The maximum atomic E-state index is 4.20. The molecule has 0 amide bonds. The summed E-state index contributed by atoms with van der Waals surface area (Å²) in [6, 6.07) is 0. The van der Waals surface area contributed by atoms with Gasteiger partial charge in [0.05, 0.1) is 0 Å². The SMILES string of the molecule is CCN(CC)CCN1CCN(c2ncn[nH]2)CC1. The number of nitrogens with one attached hydrogen (secondary N) is 1. The highest BCUT2D eigenvalue weighted by atomic mass is 15.4. The fraction of sp³-hybridized carbons (Fsp3) is 0.833. The minimum Gasteiger partial charge on any atom is -0.339 e. The largest absolute Gasteiger partial charge is 0.339 e. The predicted molar refractivity (Wildman–Crippen MR) is 72.8 cm³/mol. The molecule has 0 aromatic carbocycles. The van der Waals surface area contributed by atoms with Gasteiger partial charge >= 0.3 is 0 Å². The molecule has 2 rings (SSSR count). The van der Waals surface area contributed by atoms with E-state index in [9.17, 15) is 0 Å². The predicted octanol–water partition coefficient (Wildman–Crippen LogP) is 0.269. The number of piperazine rings is 1. The average molecular weight is 252 g/mol. The molecule has 102 valence electrons. The molecular formula is C12H24N6. The molecule has 18 heavy (non-hydrogen) atoms. The minimum absolute atomic E-state index is 0.901. The quantitative estimate of drug-likeness (QED) is 0.787. The van der Waals surface area contributed by atoms with E-state index in [1.54, 1.807) is 6.33 Å². The van der Waals surface area contributed by atoms with Gasteiger partial charge in [-0.2, -0.15) is 10.1 Å². The van der Waals surface area contributed by atoms with Gasteiger partial charge in [0.2, 0.25) is 5.95 Å². The lowest BCUT2D eigenvalue weighted by molar-refractivity contribution is 0.205. The molecule has 0 radical (unpaired) electrons. The van der Waals surface area contributed by atoms with Gasteiger partial charge in [-0.25, -0.2) is 5.10 Å². The maximum Gasteiger partial charge on any atom is 0.221 e. The van der Waals surface area contributed by atoms with Crippen molar-refractivity contribution in [1.82, 2.24) is 25.0 Å². The third-order valence-electron chi connectivity index (χ3n) is 3.70. The summed E-state index contributed by atoms with van der Waals surface area (Å²) < 4.78 is 0. The Balaban J connectivity index is 1.70. The van der Waals surface area contributed by atoms with E-state index in [2.05, 4.69) is 43.7 Å². The molecule has 0 spiro atoms. The first-order valence-electron chi connectivity index (χ1n) is 6.88. The van der Waals surface area contributed by atoms with Crippen molar-refractivity contribution in [1.29, 1.82) is 0 Å². The molecule has 6 nitrogen and oxygen atoms in total. The van der Waals surface area contributed by atoms with Gasteiger partial charge in [-0.1, -0.05) is 13.8 Å². The van der Waals surface area contributed by atoms with E-state index >= 15 is 0 Å². The zero-order valence-corrected chi connectivity index (χ0v) is 11.5. The van der Waals surface area contributed by atoms with Crippen LogP contribution in [0.1, 0.15) is 13.8 Å². The van der Waals surface area contributed by atoms with Crippen molar-refractivity contribution in [2.45, 2.75) is 13.8 Å². The zero-order valence-electron chi connectivity index (χ0n) is 11.5. The normalized spacial score (nSPS) is 17.6. The number of likely N-dealkylation sites (N-methyl/N-ethyl adjacent to an activating group) is 1. The maximum absolute atomic E-state index is 4.20. The van der Waals surface area contributed by atoms with E-state index < -0.39 is 0 Å². The summed E-state index contributed by atoms with van der Waals surface area (Å²) in [6.07, 6.45) is 1.57. The van der Waals surface area contributed by atoms with E-state index in [0.717, 1.165) is 45.2 Å². The van der Waals surface area contributed by atoms with Crippen LogP contribution in [0.4, 0.5) is 5.95 Å². The lowest BCUT2D eigenvalue weighted by Crippen LogP contribution is -2.48. The van der Waals surface area contributed by atoms with Gasteiger partial charge in [-0.05, 0) is 13.1 Å². The van der Waals surface area contributed by atoms with Crippen LogP contribution in [0, 0.1) is 0 Å². The van der Waals surface area contributed by atoms with Crippen LogP contribution < -0.4 is 4.90 Å². The Morgan fingerprint density at radius 2 is 1.94 bits per heavy atom. The van der Waals surface area contributed by atoms with E-state index in [1.807, 2.05) is 0 Å². The fourth-order valence-electron chi connectivity index (χ4n) is 2.36. The van der Waals surface area contributed by atoms with Crippen molar-refractivity contribution in [3.63, 3.8) is 0 Å². The molecule has 6 heteroatoms. The van der Waals surface area contributed by atoms with Crippen molar-refractivity contribution >= 4 is 5.95 Å². The Bertz CT molecular complexity index is 313. The molecule has 0 atom stereocenters. The van der Waals surface area contributed by atoms with Crippen LogP contribution in [-0.4, -0.2) is 77.3 Å². The Morgan fingerprint density at radius 3 is 2.50 bits per heavy atom. The third-order valence-corrected chi connectivity index (χ3v) is 3.70. The molecule has 0 bridgehead atoms. The highest BCUT2D eigenvalue weighted by molar-refractivity contribution is 5.27. The molecule has 1 aliphatic rings. The molecule has 0 unspecified atom stereocenters. The Hall–Kier alpha value is -1.14. The molecule has 1 aliphatic heterocycles.